The van der Waals surface area contributed by atoms with Gasteiger partial charge in [-0.2, -0.15) is 0 Å². The molecule has 9 aromatic heterocycles. The normalized spacial score (nSPS) is 15.7. The van der Waals surface area contributed by atoms with Crippen molar-refractivity contribution < 1.29 is 57.4 Å². The number of hydrogen-bond acceptors (Lipinski definition) is 25. The zero-order chi connectivity index (χ0) is 77.2. The fraction of sp³-hybridized carbons (Fsp3) is 0.329. The first kappa shape index (κ1) is 76.9. The summed E-state index contributed by atoms with van der Waals surface area (Å²) in [5, 5.41) is 17.4. The molecule has 3 saturated heterocycles. The molecule has 32 heteroatoms. The van der Waals surface area contributed by atoms with Crippen molar-refractivity contribution in [1.82, 2.24) is 84.5 Å². The molecule has 574 valence electrons. The number of nitrogens with one attached hydrogen (secondary N) is 6. The number of morpholine rings is 3. The predicted octanol–water partition coefficient (Wildman–Crippen LogP) is 11.9. The minimum Gasteiger partial charge on any atom is -0.491 e. The van der Waals surface area contributed by atoms with Gasteiger partial charge in [0.25, 0.3) is 0 Å². The lowest BCUT2D eigenvalue weighted by Gasteiger charge is -2.34. The lowest BCUT2D eigenvalue weighted by molar-refractivity contribution is -0.138. The van der Waals surface area contributed by atoms with Crippen LogP contribution >= 0.6 is 0 Å². The van der Waals surface area contributed by atoms with Gasteiger partial charge in [0.05, 0.1) is 122 Å². The molecule has 0 saturated carbocycles. The Morgan fingerprint density at radius 2 is 1.05 bits per heavy atom. The van der Waals surface area contributed by atoms with Gasteiger partial charge in [0.2, 0.25) is 17.8 Å². The van der Waals surface area contributed by atoms with E-state index in [4.69, 9.17) is 38.1 Å². The van der Waals surface area contributed by atoms with Crippen molar-refractivity contribution in [3.63, 3.8) is 0 Å². The number of ether oxygens (including phenoxy) is 7. The molecule has 1 unspecified atom stereocenters. The third kappa shape index (κ3) is 20.1. The fourth-order valence-corrected chi connectivity index (χ4v) is 13.0. The number of aromatic nitrogens is 14. The van der Waals surface area contributed by atoms with Crippen LogP contribution in [-0.4, -0.2) is 225 Å². The number of carboxylic acids is 1. The summed E-state index contributed by atoms with van der Waals surface area (Å²) in [5.74, 6) is 1.17. The van der Waals surface area contributed by atoms with Crippen molar-refractivity contribution in [2.75, 3.05) is 115 Å². The smallest absolute Gasteiger partial charge is 0.413 e. The Hall–Kier alpha value is -12.3. The maximum absolute atomic E-state index is 12.0. The minimum absolute atomic E-state index is 0.197. The molecule has 0 radical (unpaired) electrons. The third-order valence-corrected chi connectivity index (χ3v) is 18.3. The van der Waals surface area contributed by atoms with E-state index in [1.165, 1.54) is 0 Å². The fourth-order valence-electron chi connectivity index (χ4n) is 13.0. The van der Waals surface area contributed by atoms with Gasteiger partial charge in [-0.05, 0) is 143 Å². The number of pyridine rings is 4. The maximum atomic E-state index is 12.0. The third-order valence-electron chi connectivity index (χ3n) is 18.3. The van der Waals surface area contributed by atoms with Gasteiger partial charge in [-0.1, -0.05) is 12.1 Å². The second-order valence-electron chi connectivity index (χ2n) is 26.4. The van der Waals surface area contributed by atoms with Crippen molar-refractivity contribution >= 4 is 75.2 Å². The number of rotatable bonds is 22. The average Bonchev–Trinajstić information content (AvgIpc) is 1.69. The molecule has 7 N–H and O–H groups in total. The van der Waals surface area contributed by atoms with E-state index in [-0.39, 0.29) is 43.9 Å². The van der Waals surface area contributed by atoms with E-state index in [2.05, 4.69) is 109 Å². The Morgan fingerprint density at radius 3 is 1.61 bits per heavy atom. The number of imidazole rings is 3. The molecule has 3 atom stereocenters. The first-order valence-corrected chi connectivity index (χ1v) is 36.7. The van der Waals surface area contributed by atoms with Crippen LogP contribution in [0, 0.1) is 0 Å². The van der Waals surface area contributed by atoms with Gasteiger partial charge < -0.3 is 53.2 Å². The van der Waals surface area contributed by atoms with E-state index in [9.17, 15) is 24.3 Å². The van der Waals surface area contributed by atoms with Crippen LogP contribution in [0.2, 0.25) is 0 Å². The average molecular weight is 1510 g/mol. The number of aromatic amines is 3. The molecule has 3 fully saturated rings. The number of benzene rings is 3. The molecule has 12 heterocycles. The van der Waals surface area contributed by atoms with Crippen molar-refractivity contribution in [3.8, 4) is 73.0 Å². The maximum Gasteiger partial charge on any atom is 0.413 e. The number of carboxylic acid groups (broad SMARTS) is 1. The summed E-state index contributed by atoms with van der Waals surface area (Å²) in [6, 6.07) is 28.7. The first-order valence-electron chi connectivity index (χ1n) is 36.7. The summed E-state index contributed by atoms with van der Waals surface area (Å²) in [4.78, 5) is 114. The van der Waals surface area contributed by atoms with E-state index in [1.807, 2.05) is 91.4 Å². The number of carbonyl (C=O) groups is 4. The van der Waals surface area contributed by atoms with Gasteiger partial charge >= 0.3 is 24.2 Å². The number of carbonyl (C=O) groups excluding carboxylic acids is 3. The highest BCUT2D eigenvalue weighted by Gasteiger charge is 2.25. The van der Waals surface area contributed by atoms with Gasteiger partial charge in [-0.25, -0.2) is 49.3 Å². The van der Waals surface area contributed by atoms with Gasteiger partial charge in [0.1, 0.15) is 23.7 Å². The molecule has 0 spiro atoms. The molecule has 0 aliphatic carbocycles. The summed E-state index contributed by atoms with van der Waals surface area (Å²) < 4.78 is 37.6. The predicted molar refractivity (Wildman–Crippen MR) is 415 cm³/mol. The van der Waals surface area contributed by atoms with E-state index in [0.29, 0.717) is 75.1 Å². The molecule has 15 rings (SSSR count). The second kappa shape index (κ2) is 36.7. The first-order chi connectivity index (χ1) is 54.1. The molecular formula is C79H86N20O12. The number of hydrogen-bond donors (Lipinski definition) is 7. The highest BCUT2D eigenvalue weighted by molar-refractivity contribution is 6.00. The highest BCUT2D eigenvalue weighted by Crippen LogP contribution is 2.38. The zero-order valence-electron chi connectivity index (χ0n) is 62.3. The number of aliphatic carboxylic acids is 1. The molecule has 12 aromatic rings. The van der Waals surface area contributed by atoms with Gasteiger partial charge in [0, 0.05) is 135 Å². The number of anilines is 3. The van der Waals surface area contributed by atoms with Gasteiger partial charge in [-0.15, -0.1) is 0 Å². The SMILES string of the molecule is CCOC(=O)Nc1nc2c(-c3cc(C(C)C(=O)O)ccn3)cc(-c3ccc(CN4CCOCC4)nc3)cc2[nH]1.CCOC(=O)Nc1nc2c(-c3ccccn3)cc(-c3cnc(CN4C[C@@H](C)O[C@@H](C)C4)nc3)cc2[nH]1.CCOC(=O)Nc1nc2c(-c3ncccn3)cc(-c3cncc(OCCN4CCOCC4)c3)cc2[nH]1. The summed E-state index contributed by atoms with van der Waals surface area (Å²) in [6.07, 6.45) is 14.3. The number of fused-ring (bicyclic) bond motifs is 3. The molecule has 3 amide bonds. The van der Waals surface area contributed by atoms with Crippen LogP contribution in [0.5, 0.6) is 5.75 Å². The molecule has 111 heavy (non-hydrogen) atoms. The van der Waals surface area contributed by atoms with E-state index >= 15 is 0 Å². The van der Waals surface area contributed by atoms with E-state index < -0.39 is 30.2 Å². The van der Waals surface area contributed by atoms with Crippen LogP contribution in [0.15, 0.2) is 147 Å². The van der Waals surface area contributed by atoms with Crippen molar-refractivity contribution in [1.29, 1.82) is 0 Å². The van der Waals surface area contributed by atoms with E-state index in [1.54, 1.807) is 83.1 Å². The standard InChI is InChI=1S/C28H30N6O5.C26H29N7O3.C25H27N7O4/c1-3-39-28(37)33-27-31-24-14-20(19-4-5-21(30-15-19)16-34-8-10-38-11-9-34)12-22(25(24)32-27)23-13-18(6-7-29-23)17(2)26(35)36;1-4-35-26(34)32-25-30-22-10-18(9-20(24(22)31-25)21-7-5-6-8-27-21)19-11-28-23(29-12-19)15-33-13-16(2)36-17(3)14-33;1-2-35-25(33)31-24-29-21-14-17(13-20(22(21)30-24)23-27-4-3-5-28-23)18-12-19(16-26-15-18)36-11-8-32-6-9-34-10-7-32/h4-7,12-15,17H,3,8-11,16H2,1-2H3,(H,35,36)(H2,31,32,33,37);5-12,16-17H,4,13-15H2,1-3H3,(H2,30,31,32,34);3-5,12-16H,2,6-11H2,1H3,(H2,29,30,31,33)/t;16-,17+;. The Kier molecular flexibility index (Phi) is 25.4. The number of H-pyrrole nitrogens is 3. The largest absolute Gasteiger partial charge is 0.491 e. The van der Waals surface area contributed by atoms with Crippen LogP contribution in [-0.2, 0) is 46.3 Å². The van der Waals surface area contributed by atoms with Crippen LogP contribution in [0.1, 0.15) is 64.5 Å². The second-order valence-corrected chi connectivity index (χ2v) is 26.4. The summed E-state index contributed by atoms with van der Waals surface area (Å²) in [5.41, 5.74) is 14.5. The highest BCUT2D eigenvalue weighted by atomic mass is 16.6. The molecule has 3 aliphatic heterocycles. The van der Waals surface area contributed by atoms with Crippen LogP contribution in [0.4, 0.5) is 32.2 Å². The van der Waals surface area contributed by atoms with Crippen LogP contribution in [0.3, 0.4) is 0 Å². The minimum atomic E-state index is -0.921. The van der Waals surface area contributed by atoms with Crippen molar-refractivity contribution in [2.45, 2.75) is 72.8 Å². The van der Waals surface area contributed by atoms with Crippen molar-refractivity contribution in [2.24, 2.45) is 0 Å². The van der Waals surface area contributed by atoms with Crippen molar-refractivity contribution in [3.05, 3.63) is 164 Å². The Balaban J connectivity index is 0.000000146. The number of amides is 3. The van der Waals surface area contributed by atoms with Crippen LogP contribution in [0.25, 0.3) is 100 Å². The lowest BCUT2D eigenvalue weighted by Crippen LogP contribution is -2.45. The summed E-state index contributed by atoms with van der Waals surface area (Å²) >= 11 is 0. The summed E-state index contributed by atoms with van der Waals surface area (Å²) in [6.45, 7) is 23.0. The van der Waals surface area contributed by atoms with Gasteiger partial charge in [0.15, 0.2) is 5.82 Å². The number of nitrogens with zero attached hydrogens (tertiary/aromatic N) is 14. The van der Waals surface area contributed by atoms with Gasteiger partial charge in [-0.3, -0.25) is 55.4 Å². The molecule has 32 nitrogen and oxygen atoms in total. The summed E-state index contributed by atoms with van der Waals surface area (Å²) in [7, 11) is 0. The molecule has 0 bridgehead atoms. The molecule has 3 aliphatic rings. The Labute approximate surface area is 638 Å². The lowest BCUT2D eigenvalue weighted by atomic mass is 9.97. The molecule has 3 aromatic carbocycles. The zero-order valence-corrected chi connectivity index (χ0v) is 62.3. The molecular weight excluding hydrogens is 1420 g/mol. The Morgan fingerprint density at radius 1 is 0.523 bits per heavy atom. The monoisotopic (exact) mass is 1510 g/mol. The topological polar surface area (TPSA) is 388 Å². The quantitative estimate of drug-likeness (QED) is 0.0310. The Bertz CT molecular complexity index is 5150. The van der Waals surface area contributed by atoms with Crippen LogP contribution < -0.4 is 20.7 Å². The van der Waals surface area contributed by atoms with E-state index in [0.717, 1.165) is 146 Å².